The first kappa shape index (κ1) is 131. The number of hydrogen-bond donors (Lipinski definition) is 0. The Hall–Kier alpha value is 0.187. The van der Waals surface area contributed by atoms with Crippen LogP contribution in [0.15, 0.2) is 48.6 Å². The van der Waals surface area contributed by atoms with E-state index in [1.54, 1.807) is 0 Å². The first-order valence-corrected chi connectivity index (χ1v) is 49.1. The SMILES string of the molecule is C.C.CCCCCCCCCCCCCC/C=C/CCCCCC(=O)OCC[S-].CCCCCCCCCCCCCC/C=C/CCCCCC(=O)OCC[S-].CCCCCCCCCCCCCC/C=C/CCCCCC(=O)OCC[S-].CCCCCCCCCCCCCC/C=C/CCCCCC(=O)OCC[S-].S.[Sn+2].[Sn+2]. The van der Waals surface area contributed by atoms with Gasteiger partial charge in [0.15, 0.2) is 0 Å². The largest absolute Gasteiger partial charge is 2.00 e. The van der Waals surface area contributed by atoms with Crippen molar-refractivity contribution in [2.24, 2.45) is 0 Å². The number of hydrogen-bond acceptors (Lipinski definition) is 12. The van der Waals surface area contributed by atoms with Crippen molar-refractivity contribution in [1.29, 1.82) is 0 Å². The molecule has 8 nitrogen and oxygen atoms in total. The summed E-state index contributed by atoms with van der Waals surface area (Å²) >= 11 is 19.0. The Morgan fingerprint density at radius 2 is 0.301 bits per heavy atom. The summed E-state index contributed by atoms with van der Waals surface area (Å²) in [6.45, 7) is 10.7. The maximum absolute atomic E-state index is 11.3. The van der Waals surface area contributed by atoms with E-state index in [-0.39, 0.29) is 100 Å². The molecule has 0 aromatic heterocycles. The molecule has 0 unspecified atom stereocenters. The van der Waals surface area contributed by atoms with Crippen LogP contribution in [0.3, 0.4) is 0 Å². The van der Waals surface area contributed by atoms with Crippen molar-refractivity contribution in [3.05, 3.63) is 48.6 Å². The van der Waals surface area contributed by atoms with Crippen molar-refractivity contribution in [3.63, 3.8) is 0 Å². The van der Waals surface area contributed by atoms with Crippen LogP contribution in [0.25, 0.3) is 0 Å². The molecule has 0 spiro atoms. The minimum absolute atomic E-state index is 0. The molecule has 0 aliphatic carbocycles. The van der Waals surface area contributed by atoms with E-state index >= 15 is 0 Å². The average molecular weight is 1890 g/mol. The van der Waals surface area contributed by atoms with Gasteiger partial charge in [-0.25, -0.2) is 0 Å². The van der Waals surface area contributed by atoms with Gasteiger partial charge in [0.1, 0.15) is 0 Å². The van der Waals surface area contributed by atoms with Gasteiger partial charge < -0.3 is 69.5 Å². The van der Waals surface area contributed by atoms with E-state index in [4.69, 9.17) is 69.5 Å². The summed E-state index contributed by atoms with van der Waals surface area (Å²) in [4.78, 5) is 45.2. The predicted octanol–water partition coefficient (Wildman–Crippen LogP) is 31.3. The number of ether oxygens (including phenoxy) is 4. The smallest absolute Gasteiger partial charge is 0.789 e. The monoisotopic (exact) mass is 1900 g/mol. The molecule has 0 saturated heterocycles. The first-order valence-electron chi connectivity index (χ1n) is 46.8. The molecule has 0 rings (SSSR count). The van der Waals surface area contributed by atoms with E-state index in [2.05, 4.69) is 76.3 Å². The van der Waals surface area contributed by atoms with Gasteiger partial charge in [-0.3, -0.25) is 19.2 Å². The Balaban J connectivity index is -0.000000180. The van der Waals surface area contributed by atoms with Crippen LogP contribution in [0.4, 0.5) is 0 Å². The second-order valence-electron chi connectivity index (χ2n) is 30.7. The molecule has 0 bridgehead atoms. The van der Waals surface area contributed by atoms with Crippen molar-refractivity contribution in [3.8, 4) is 0 Å². The number of unbranched alkanes of at least 4 members (excludes halogenated alkanes) is 60. The molecule has 4 radical (unpaired) electrons. The van der Waals surface area contributed by atoms with Gasteiger partial charge >= 0.3 is 71.7 Å². The normalized spacial score (nSPS) is 10.8. The minimum atomic E-state index is -0.0950. The molecule has 113 heavy (non-hydrogen) atoms. The third kappa shape index (κ3) is 136. The van der Waals surface area contributed by atoms with E-state index in [0.717, 1.165) is 77.0 Å². The number of carbonyl (C=O) groups excluding carboxylic acids is 4. The van der Waals surface area contributed by atoms with Crippen molar-refractivity contribution in [1.82, 2.24) is 0 Å². The maximum atomic E-state index is 11.3. The molecule has 668 valence electrons. The topological polar surface area (TPSA) is 105 Å². The maximum Gasteiger partial charge on any atom is 2.00 e. The van der Waals surface area contributed by atoms with E-state index in [9.17, 15) is 19.2 Å². The third-order valence-electron chi connectivity index (χ3n) is 20.0. The van der Waals surface area contributed by atoms with Gasteiger partial charge in [0.2, 0.25) is 0 Å². The van der Waals surface area contributed by atoms with Crippen LogP contribution >= 0.6 is 13.5 Å². The molecule has 0 N–H and O–H groups in total. The first-order chi connectivity index (χ1) is 53.2. The zero-order valence-electron chi connectivity index (χ0n) is 73.6. The molecule has 0 amide bonds. The second-order valence-corrected chi connectivity index (χ2v) is 32.3. The van der Waals surface area contributed by atoms with Crippen LogP contribution in [0, 0.1) is 0 Å². The van der Waals surface area contributed by atoms with Crippen molar-refractivity contribution in [2.45, 2.75) is 505 Å². The van der Waals surface area contributed by atoms with E-state index < -0.39 is 0 Å². The summed E-state index contributed by atoms with van der Waals surface area (Å²) in [6, 6.07) is 0. The van der Waals surface area contributed by atoms with Crippen LogP contribution < -0.4 is 0 Å². The quantitative estimate of drug-likeness (QED) is 0.0145. The molecule has 0 aliphatic rings. The summed E-state index contributed by atoms with van der Waals surface area (Å²) in [5, 5.41) is 0. The molecule has 0 aromatic carbocycles. The molecule has 0 atom stereocenters. The number of carbonyl (C=O) groups is 4. The van der Waals surface area contributed by atoms with Crippen molar-refractivity contribution < 1.29 is 38.1 Å². The number of rotatable bonds is 84. The van der Waals surface area contributed by atoms with Crippen LogP contribution in [0.2, 0.25) is 0 Å². The van der Waals surface area contributed by atoms with Gasteiger partial charge in [0.05, 0.1) is 26.4 Å². The minimum Gasteiger partial charge on any atom is -0.789 e. The zero-order chi connectivity index (χ0) is 79.4. The molecule has 0 saturated carbocycles. The van der Waals surface area contributed by atoms with Gasteiger partial charge in [-0.05, 0) is 128 Å². The Labute approximate surface area is 769 Å². The van der Waals surface area contributed by atoms with Crippen LogP contribution in [-0.4, -0.2) is 121 Å². The summed E-state index contributed by atoms with van der Waals surface area (Å²) < 4.78 is 19.9. The van der Waals surface area contributed by atoms with Gasteiger partial charge in [-0.15, -0.1) is 23.0 Å². The van der Waals surface area contributed by atoms with E-state index in [1.807, 2.05) is 0 Å². The Morgan fingerprint density at radius 1 is 0.195 bits per heavy atom. The third-order valence-corrected chi connectivity index (χ3v) is 20.6. The van der Waals surface area contributed by atoms with Crippen LogP contribution in [0.5, 0.6) is 0 Å². The average Bonchev–Trinajstić information content (AvgIpc) is 1.34. The molecule has 0 aromatic rings. The van der Waals surface area contributed by atoms with Gasteiger partial charge in [-0.1, -0.05) is 399 Å². The van der Waals surface area contributed by atoms with E-state index in [0.29, 0.717) is 75.1 Å². The molecule has 0 fully saturated rings. The Kier molecular flexibility index (Phi) is 148. The Morgan fingerprint density at radius 3 is 0.416 bits per heavy atom. The fourth-order valence-electron chi connectivity index (χ4n) is 13.1. The number of allylic oxidation sites excluding steroid dienone is 8. The standard InChI is InChI=1S/4C24H46O2S.2CH4.H2S.2Sn/c4*1-2-3-4-5-6-7-8-9-10-11-12-13-14-15-16-17-18-19-20-21-24(25)26-22-23-27;;;;;/h4*15-16,27H,2-14,17-23H2,1H3;2*1H4;1H2;;/q;;;;;;;2*+2/p-4/b4*16-15+;;;;;. The summed E-state index contributed by atoms with van der Waals surface area (Å²) in [5.41, 5.74) is 0. The molecular formula is C98H190O8S5Sn2. The zero-order valence-corrected chi connectivity index (χ0v) is 83.6. The van der Waals surface area contributed by atoms with Gasteiger partial charge in [0.25, 0.3) is 0 Å². The molecule has 15 heteroatoms. The van der Waals surface area contributed by atoms with Crippen LogP contribution in [-0.2, 0) is 88.6 Å². The van der Waals surface area contributed by atoms with Gasteiger partial charge in [0, 0.05) is 25.7 Å². The van der Waals surface area contributed by atoms with E-state index in [1.165, 1.54) is 360 Å². The summed E-state index contributed by atoms with van der Waals surface area (Å²) in [7, 11) is 0. The summed E-state index contributed by atoms with van der Waals surface area (Å²) in [6.07, 6.45) is 111. The fourth-order valence-corrected chi connectivity index (χ4v) is 13.4. The van der Waals surface area contributed by atoms with Gasteiger partial charge in [-0.2, -0.15) is 13.5 Å². The molecular weight excluding hydrogens is 1700 g/mol. The second kappa shape index (κ2) is 128. The summed E-state index contributed by atoms with van der Waals surface area (Å²) in [5.74, 6) is 1.60. The fraction of sp³-hybridized carbons (Fsp3) is 0.878. The molecule has 0 heterocycles. The van der Waals surface area contributed by atoms with Crippen molar-refractivity contribution in [2.75, 3.05) is 49.4 Å². The van der Waals surface area contributed by atoms with Crippen molar-refractivity contribution >= 4 is 136 Å². The molecule has 0 aliphatic heterocycles. The number of esters is 4. The predicted molar refractivity (Wildman–Crippen MR) is 520 cm³/mol. The Bertz CT molecular complexity index is 1590. The van der Waals surface area contributed by atoms with Crippen LogP contribution in [0.1, 0.15) is 505 Å².